The van der Waals surface area contributed by atoms with E-state index in [1.807, 2.05) is 0 Å². The van der Waals surface area contributed by atoms with E-state index in [2.05, 4.69) is 93.7 Å². The fraction of sp³-hybridized carbons (Fsp3) is 0.719. The molecule has 6 atom stereocenters. The van der Waals surface area contributed by atoms with Crippen LogP contribution >= 0.6 is 0 Å². The highest BCUT2D eigenvalue weighted by Crippen LogP contribution is 2.26. The molecule has 0 aromatic carbocycles. The Labute approximate surface area is 417 Å². The number of carbonyl (C=O) groups is 4. The number of esters is 3. The lowest BCUT2D eigenvalue weighted by molar-refractivity contribution is -0.301. The predicted molar refractivity (Wildman–Crippen MR) is 275 cm³/mol. The number of unbranched alkanes of at least 4 members (excludes halogenated alkanes) is 18. The fourth-order valence-corrected chi connectivity index (χ4v) is 7.69. The van der Waals surface area contributed by atoms with Gasteiger partial charge in [0.05, 0.1) is 6.61 Å². The highest BCUT2D eigenvalue weighted by molar-refractivity contribution is 5.74. The van der Waals surface area contributed by atoms with Gasteiger partial charge in [0, 0.05) is 19.3 Å². The summed E-state index contributed by atoms with van der Waals surface area (Å²) < 4.78 is 28.2. The lowest BCUT2D eigenvalue weighted by Crippen LogP contribution is -2.61. The second-order valence-corrected chi connectivity index (χ2v) is 18.1. The topological polar surface area (TPSA) is 175 Å². The summed E-state index contributed by atoms with van der Waals surface area (Å²) in [7, 11) is 0. The first-order chi connectivity index (χ1) is 33.6. The van der Waals surface area contributed by atoms with Crippen LogP contribution in [0.1, 0.15) is 213 Å². The standard InChI is InChI=1S/C57H94O12/c1-4-7-10-13-16-19-21-23-24-25-26-28-30-33-36-39-42-45-51(60)68-55-53(62)52(61)54(56(63)64)69-57(55)66-47-48(67-50(59)44-41-38-35-31-18-15-12-9-6-3)46-65-49(58)43-40-37-34-32-29-27-22-20-17-14-11-8-5-2/h7-8,10-11,16-17,19-20,23-24,27,29,48,52-55,57,61-62H,4-6,9,12-15,18,21-22,25-26,28,30-47H2,1-3H3,(H,63,64)/b10-7-,11-8-,19-16-,20-17-,24-23-,29-27-. The van der Waals surface area contributed by atoms with Gasteiger partial charge in [-0.3, -0.25) is 14.4 Å². The van der Waals surface area contributed by atoms with Crippen LogP contribution in [0.3, 0.4) is 0 Å². The molecule has 1 heterocycles. The second kappa shape index (κ2) is 45.3. The Morgan fingerprint density at radius 3 is 1.41 bits per heavy atom. The first-order valence-corrected chi connectivity index (χ1v) is 26.9. The van der Waals surface area contributed by atoms with Crippen LogP contribution in [-0.4, -0.2) is 89.2 Å². The maximum absolute atomic E-state index is 13.0. The zero-order chi connectivity index (χ0) is 50.4. The summed E-state index contributed by atoms with van der Waals surface area (Å²) in [5, 5.41) is 31.4. The van der Waals surface area contributed by atoms with Gasteiger partial charge in [0.15, 0.2) is 24.6 Å². The van der Waals surface area contributed by atoms with Crippen molar-refractivity contribution in [3.63, 3.8) is 0 Å². The highest BCUT2D eigenvalue weighted by Gasteiger charge is 2.50. The predicted octanol–water partition coefficient (Wildman–Crippen LogP) is 13.0. The third-order valence-corrected chi connectivity index (χ3v) is 11.8. The fourth-order valence-electron chi connectivity index (χ4n) is 7.69. The second-order valence-electron chi connectivity index (χ2n) is 18.1. The van der Waals surface area contributed by atoms with E-state index in [0.29, 0.717) is 19.3 Å². The molecule has 12 nitrogen and oxygen atoms in total. The van der Waals surface area contributed by atoms with E-state index in [1.54, 1.807) is 0 Å². The van der Waals surface area contributed by atoms with E-state index < -0.39 is 67.3 Å². The maximum atomic E-state index is 13.0. The van der Waals surface area contributed by atoms with Crippen LogP contribution in [0, 0.1) is 0 Å². The number of ether oxygens (including phenoxy) is 5. The van der Waals surface area contributed by atoms with Gasteiger partial charge in [-0.25, -0.2) is 4.79 Å². The van der Waals surface area contributed by atoms with Gasteiger partial charge >= 0.3 is 23.9 Å². The van der Waals surface area contributed by atoms with Crippen molar-refractivity contribution in [1.82, 2.24) is 0 Å². The van der Waals surface area contributed by atoms with E-state index in [4.69, 9.17) is 23.7 Å². The molecule has 0 amide bonds. The number of hydrogen-bond donors (Lipinski definition) is 3. The van der Waals surface area contributed by atoms with Gasteiger partial charge in [-0.2, -0.15) is 0 Å². The van der Waals surface area contributed by atoms with Crippen LogP contribution in [0.15, 0.2) is 72.9 Å². The Kier molecular flexibility index (Phi) is 41.5. The molecule has 1 fully saturated rings. The van der Waals surface area contributed by atoms with Gasteiger partial charge in [0.25, 0.3) is 0 Å². The minimum atomic E-state index is -1.91. The summed E-state index contributed by atoms with van der Waals surface area (Å²) in [4.78, 5) is 50.8. The molecule has 0 bridgehead atoms. The Balaban J connectivity index is 2.70. The van der Waals surface area contributed by atoms with Crippen LogP contribution in [0.5, 0.6) is 0 Å². The number of aliphatic hydroxyl groups excluding tert-OH is 2. The molecule has 1 saturated heterocycles. The maximum Gasteiger partial charge on any atom is 0.335 e. The largest absolute Gasteiger partial charge is 0.479 e. The number of rotatable bonds is 44. The Hall–Kier alpha value is -3.84. The van der Waals surface area contributed by atoms with Crippen molar-refractivity contribution in [1.29, 1.82) is 0 Å². The average molecular weight is 971 g/mol. The smallest absolute Gasteiger partial charge is 0.335 e. The summed E-state index contributed by atoms with van der Waals surface area (Å²) >= 11 is 0. The molecule has 6 unspecified atom stereocenters. The lowest BCUT2D eigenvalue weighted by Gasteiger charge is -2.40. The number of hydrogen-bond acceptors (Lipinski definition) is 11. The van der Waals surface area contributed by atoms with Crippen molar-refractivity contribution in [3.05, 3.63) is 72.9 Å². The van der Waals surface area contributed by atoms with E-state index in [-0.39, 0.29) is 25.9 Å². The molecule has 0 aliphatic carbocycles. The molecule has 1 aliphatic heterocycles. The first-order valence-electron chi connectivity index (χ1n) is 26.9. The summed E-state index contributed by atoms with van der Waals surface area (Å²) in [6, 6.07) is 0. The number of carbonyl (C=O) groups excluding carboxylic acids is 3. The number of aliphatic carboxylic acids is 1. The molecule has 3 N–H and O–H groups in total. The average Bonchev–Trinajstić information content (AvgIpc) is 3.33. The lowest BCUT2D eigenvalue weighted by atomic mass is 9.98. The van der Waals surface area contributed by atoms with E-state index in [1.165, 1.54) is 32.1 Å². The van der Waals surface area contributed by atoms with Gasteiger partial charge in [0.1, 0.15) is 18.8 Å². The van der Waals surface area contributed by atoms with E-state index >= 15 is 0 Å². The SMILES string of the molecule is CC/C=C\C/C=C\C/C=C\CCCCCCCCCC(=O)OC1C(OCC(COC(=O)CCCCC/C=C\C/C=C\C/C=C\CC)OC(=O)CCCCCCCCCCC)OC(C(=O)O)C(O)C1O. The molecule has 69 heavy (non-hydrogen) atoms. The zero-order valence-electron chi connectivity index (χ0n) is 43.0. The van der Waals surface area contributed by atoms with Crippen LogP contribution in [0.2, 0.25) is 0 Å². The number of allylic oxidation sites excluding steroid dienone is 12. The summed E-state index contributed by atoms with van der Waals surface area (Å²) in [5.74, 6) is -3.18. The normalized spacial score (nSPS) is 19.2. The van der Waals surface area contributed by atoms with Gasteiger partial charge in [-0.15, -0.1) is 0 Å². The molecular formula is C57H94O12. The minimum absolute atomic E-state index is 0.0449. The molecule has 0 aromatic rings. The van der Waals surface area contributed by atoms with Gasteiger partial charge in [-0.1, -0.05) is 184 Å². The van der Waals surface area contributed by atoms with Crippen molar-refractivity contribution in [2.75, 3.05) is 13.2 Å². The quantitative estimate of drug-likeness (QED) is 0.0228. The van der Waals surface area contributed by atoms with Gasteiger partial charge in [0.2, 0.25) is 0 Å². The van der Waals surface area contributed by atoms with Gasteiger partial charge < -0.3 is 39.0 Å². The van der Waals surface area contributed by atoms with Crippen molar-refractivity contribution < 1.29 is 58.2 Å². The van der Waals surface area contributed by atoms with E-state index in [0.717, 1.165) is 122 Å². The van der Waals surface area contributed by atoms with Crippen molar-refractivity contribution in [3.8, 4) is 0 Å². The molecule has 0 radical (unpaired) electrons. The summed E-state index contributed by atoms with van der Waals surface area (Å²) in [6.07, 6.45) is 43.2. The number of carboxylic acids is 1. The zero-order valence-corrected chi connectivity index (χ0v) is 43.0. The van der Waals surface area contributed by atoms with Crippen molar-refractivity contribution in [2.45, 2.75) is 250 Å². The van der Waals surface area contributed by atoms with Crippen LogP contribution in [0.4, 0.5) is 0 Å². The molecule has 1 rings (SSSR count). The number of aliphatic hydroxyl groups is 2. The number of carboxylic acid groups (broad SMARTS) is 1. The van der Waals surface area contributed by atoms with Crippen LogP contribution in [-0.2, 0) is 42.9 Å². The molecule has 0 saturated carbocycles. The third kappa shape index (κ3) is 35.8. The Bertz CT molecular complexity index is 1480. The molecular weight excluding hydrogens is 877 g/mol. The molecule has 1 aliphatic rings. The molecule has 12 heteroatoms. The molecule has 0 aromatic heterocycles. The summed E-state index contributed by atoms with van der Waals surface area (Å²) in [5.41, 5.74) is 0. The summed E-state index contributed by atoms with van der Waals surface area (Å²) in [6.45, 7) is 5.69. The Morgan fingerprint density at radius 1 is 0.493 bits per heavy atom. The highest BCUT2D eigenvalue weighted by atomic mass is 16.7. The van der Waals surface area contributed by atoms with Crippen LogP contribution in [0.25, 0.3) is 0 Å². The minimum Gasteiger partial charge on any atom is -0.479 e. The van der Waals surface area contributed by atoms with Gasteiger partial charge in [-0.05, 0) is 83.5 Å². The molecule has 0 spiro atoms. The monoisotopic (exact) mass is 971 g/mol. The first kappa shape index (κ1) is 63.2. The van der Waals surface area contributed by atoms with Crippen molar-refractivity contribution >= 4 is 23.9 Å². The Morgan fingerprint density at radius 2 is 0.913 bits per heavy atom. The van der Waals surface area contributed by atoms with Crippen LogP contribution < -0.4 is 0 Å². The van der Waals surface area contributed by atoms with E-state index in [9.17, 15) is 34.5 Å². The third-order valence-electron chi connectivity index (χ3n) is 11.8. The van der Waals surface area contributed by atoms with Crippen molar-refractivity contribution in [2.24, 2.45) is 0 Å². The molecule has 394 valence electrons.